The van der Waals surface area contributed by atoms with Crippen LogP contribution in [-0.4, -0.2) is 17.5 Å². The third-order valence-electron chi connectivity index (χ3n) is 13.1. The molecule has 5 fully saturated rings. The van der Waals surface area contributed by atoms with Crippen molar-refractivity contribution in [1.29, 1.82) is 0 Å². The molecule has 0 radical (unpaired) electrons. The van der Waals surface area contributed by atoms with Crippen LogP contribution in [0.1, 0.15) is 112 Å². The summed E-state index contributed by atoms with van der Waals surface area (Å²) in [6.45, 7) is 14.6. The SMILES string of the molecule is C/C(C=O)=C\CC[C@H](C)[C@H]1CC[C@@]2(C)[C@@H]3CC[C@H]4C(C)(C)[C@@H](O)CC[C@@]45C[C@@]35CC[C@]12C. The minimum Gasteiger partial charge on any atom is -0.393 e. The average molecular weight is 441 g/mol. The lowest BCUT2D eigenvalue weighted by Crippen LogP contribution is -2.57. The maximum atomic E-state index is 11.0. The van der Waals surface area contributed by atoms with Crippen molar-refractivity contribution in [1.82, 2.24) is 0 Å². The number of carbonyl (C=O) groups is 1. The lowest BCUT2D eigenvalue weighted by molar-refractivity contribution is -0.161. The molecule has 9 atom stereocenters. The number of allylic oxidation sites excluding steroid dienone is 2. The summed E-state index contributed by atoms with van der Waals surface area (Å²) in [5, 5.41) is 10.8. The molecule has 0 aromatic heterocycles. The predicted octanol–water partition coefficient (Wildman–Crippen LogP) is 7.35. The smallest absolute Gasteiger partial charge is 0.145 e. The van der Waals surface area contributed by atoms with E-state index in [9.17, 15) is 9.90 Å². The number of aliphatic hydroxyl groups is 1. The minimum atomic E-state index is -0.106. The maximum Gasteiger partial charge on any atom is 0.145 e. The van der Waals surface area contributed by atoms with E-state index in [1.54, 1.807) is 0 Å². The third kappa shape index (κ3) is 2.71. The minimum absolute atomic E-state index is 0.0915. The van der Waals surface area contributed by atoms with Crippen molar-refractivity contribution in [2.24, 2.45) is 50.7 Å². The van der Waals surface area contributed by atoms with Crippen molar-refractivity contribution in [3.63, 3.8) is 0 Å². The fraction of sp³-hybridized carbons (Fsp3) is 0.900. The quantitative estimate of drug-likeness (QED) is 0.358. The summed E-state index contributed by atoms with van der Waals surface area (Å²) >= 11 is 0. The second-order valence-corrected chi connectivity index (χ2v) is 14.1. The Morgan fingerprint density at radius 1 is 0.938 bits per heavy atom. The van der Waals surface area contributed by atoms with Crippen LogP contribution >= 0.6 is 0 Å². The molecule has 0 amide bonds. The van der Waals surface area contributed by atoms with Crippen LogP contribution in [0.5, 0.6) is 0 Å². The van der Waals surface area contributed by atoms with Crippen molar-refractivity contribution in [2.75, 3.05) is 0 Å². The average Bonchev–Trinajstić information content (AvgIpc) is 3.33. The maximum absolute atomic E-state index is 11.0. The fourth-order valence-corrected chi connectivity index (χ4v) is 11.1. The van der Waals surface area contributed by atoms with Crippen LogP contribution in [0.15, 0.2) is 11.6 Å². The number of carbonyl (C=O) groups excluding carboxylic acids is 1. The number of fused-ring (bicyclic) bond motifs is 2. The second-order valence-electron chi connectivity index (χ2n) is 14.1. The number of rotatable bonds is 5. The first-order valence-electron chi connectivity index (χ1n) is 13.8. The lowest BCUT2D eigenvalue weighted by Gasteiger charge is -2.63. The van der Waals surface area contributed by atoms with Gasteiger partial charge in [-0.25, -0.2) is 0 Å². The first kappa shape index (κ1) is 23.1. The molecule has 0 unspecified atom stereocenters. The highest BCUT2D eigenvalue weighted by Gasteiger charge is 2.82. The standard InChI is InChI=1S/C30H48O2/c1-20(18-31)8-7-9-21(2)22-12-14-28(6)24-11-10-23-26(3,4)25(32)13-15-29(23)19-30(24,29)17-16-27(22,28)5/h8,18,21-25,32H,7,9-17,19H2,1-6H3/b20-8+/t21-,22+,23-,24-,25-,27+,28-,29+,30-/m0/s1. The summed E-state index contributed by atoms with van der Waals surface area (Å²) < 4.78 is 0. The number of hydrogen-bond acceptors (Lipinski definition) is 2. The molecule has 0 heterocycles. The monoisotopic (exact) mass is 440 g/mol. The van der Waals surface area contributed by atoms with Gasteiger partial charge in [0.25, 0.3) is 0 Å². The lowest BCUT2D eigenvalue weighted by atomic mass is 9.41. The molecular weight excluding hydrogens is 392 g/mol. The molecule has 32 heavy (non-hydrogen) atoms. The van der Waals surface area contributed by atoms with Crippen LogP contribution in [0.2, 0.25) is 0 Å². The van der Waals surface area contributed by atoms with Gasteiger partial charge in [0, 0.05) is 0 Å². The molecule has 2 spiro atoms. The fourth-order valence-electron chi connectivity index (χ4n) is 11.1. The Balaban J connectivity index is 1.39. The molecular formula is C30H48O2. The Bertz CT molecular complexity index is 812. The summed E-state index contributed by atoms with van der Waals surface area (Å²) in [7, 11) is 0. The number of hydrogen-bond donors (Lipinski definition) is 1. The molecule has 5 aliphatic rings. The van der Waals surface area contributed by atoms with Crippen LogP contribution in [-0.2, 0) is 4.79 Å². The normalized spacial score (nSPS) is 52.3. The van der Waals surface area contributed by atoms with Crippen molar-refractivity contribution in [2.45, 2.75) is 118 Å². The summed E-state index contributed by atoms with van der Waals surface area (Å²) in [5.74, 6) is 3.18. The molecule has 180 valence electrons. The molecule has 0 saturated heterocycles. The summed E-state index contributed by atoms with van der Waals surface area (Å²) in [6.07, 6.45) is 17.5. The van der Waals surface area contributed by atoms with Gasteiger partial charge in [-0.1, -0.05) is 40.7 Å². The molecule has 1 N–H and O–H groups in total. The zero-order valence-electron chi connectivity index (χ0n) is 21.7. The van der Waals surface area contributed by atoms with E-state index in [0.29, 0.717) is 21.7 Å². The van der Waals surface area contributed by atoms with E-state index in [1.807, 2.05) is 6.92 Å². The summed E-state index contributed by atoms with van der Waals surface area (Å²) in [5.41, 5.74) is 3.05. The van der Waals surface area contributed by atoms with Crippen LogP contribution in [0.25, 0.3) is 0 Å². The van der Waals surface area contributed by atoms with Gasteiger partial charge in [0.1, 0.15) is 6.29 Å². The third-order valence-corrected chi connectivity index (χ3v) is 13.1. The van der Waals surface area contributed by atoms with Gasteiger partial charge in [0.05, 0.1) is 6.10 Å². The van der Waals surface area contributed by atoms with Crippen LogP contribution in [0.4, 0.5) is 0 Å². The Hall–Kier alpha value is -0.630. The van der Waals surface area contributed by atoms with Crippen LogP contribution in [0.3, 0.4) is 0 Å². The molecule has 5 saturated carbocycles. The van der Waals surface area contributed by atoms with Crippen LogP contribution in [0, 0.1) is 50.7 Å². The first-order chi connectivity index (χ1) is 15.0. The van der Waals surface area contributed by atoms with E-state index in [1.165, 1.54) is 57.8 Å². The van der Waals surface area contributed by atoms with E-state index in [-0.39, 0.29) is 11.5 Å². The second kappa shape index (κ2) is 7.19. The van der Waals surface area contributed by atoms with Gasteiger partial charge in [-0.2, -0.15) is 0 Å². The van der Waals surface area contributed by atoms with Gasteiger partial charge < -0.3 is 5.11 Å². The van der Waals surface area contributed by atoms with Gasteiger partial charge in [-0.05, 0) is 134 Å². The van der Waals surface area contributed by atoms with Crippen molar-refractivity contribution < 1.29 is 9.90 Å². The molecule has 0 aliphatic heterocycles. The highest BCUT2D eigenvalue weighted by molar-refractivity contribution is 5.71. The van der Waals surface area contributed by atoms with Crippen molar-refractivity contribution in [3.8, 4) is 0 Å². The Morgan fingerprint density at radius 2 is 1.62 bits per heavy atom. The van der Waals surface area contributed by atoms with Crippen molar-refractivity contribution >= 4 is 6.29 Å². The van der Waals surface area contributed by atoms with E-state index in [4.69, 9.17) is 0 Å². The first-order valence-corrected chi connectivity index (χ1v) is 13.8. The van der Waals surface area contributed by atoms with E-state index in [2.05, 4.69) is 40.7 Å². The summed E-state index contributed by atoms with van der Waals surface area (Å²) in [4.78, 5) is 11.0. The Labute approximate surface area is 197 Å². The predicted molar refractivity (Wildman–Crippen MR) is 131 cm³/mol. The Kier molecular flexibility index (Phi) is 5.20. The highest BCUT2D eigenvalue weighted by Crippen LogP contribution is 2.89. The highest BCUT2D eigenvalue weighted by atomic mass is 16.3. The zero-order chi connectivity index (χ0) is 23.2. The molecule has 0 aromatic carbocycles. The number of aliphatic hydroxyl groups excluding tert-OH is 1. The van der Waals surface area contributed by atoms with Crippen molar-refractivity contribution in [3.05, 3.63) is 11.6 Å². The van der Waals surface area contributed by atoms with Gasteiger partial charge in [-0.15, -0.1) is 0 Å². The van der Waals surface area contributed by atoms with Gasteiger partial charge >= 0.3 is 0 Å². The van der Waals surface area contributed by atoms with E-state index >= 15 is 0 Å². The summed E-state index contributed by atoms with van der Waals surface area (Å²) in [6, 6.07) is 0. The van der Waals surface area contributed by atoms with Gasteiger partial charge in [-0.3, -0.25) is 4.79 Å². The largest absolute Gasteiger partial charge is 0.393 e. The molecule has 0 bridgehead atoms. The van der Waals surface area contributed by atoms with Gasteiger partial charge in [0.15, 0.2) is 0 Å². The van der Waals surface area contributed by atoms with E-state index < -0.39 is 0 Å². The number of aldehydes is 1. The van der Waals surface area contributed by atoms with Crippen LogP contribution < -0.4 is 0 Å². The topological polar surface area (TPSA) is 37.3 Å². The van der Waals surface area contributed by atoms with Gasteiger partial charge in [0.2, 0.25) is 0 Å². The Morgan fingerprint density at radius 3 is 2.34 bits per heavy atom. The zero-order valence-corrected chi connectivity index (χ0v) is 21.7. The molecule has 2 heteroatoms. The molecule has 5 rings (SSSR count). The van der Waals surface area contributed by atoms with E-state index in [0.717, 1.165) is 48.4 Å². The molecule has 2 nitrogen and oxygen atoms in total. The molecule has 5 aliphatic carbocycles. The molecule has 0 aromatic rings.